The number of fused-ring (bicyclic) bond motifs is 2. The molecule has 0 spiro atoms. The number of aryl methyl sites for hydroxylation is 1. The van der Waals surface area contributed by atoms with Crippen LogP contribution in [0.15, 0.2) is 48.5 Å². The van der Waals surface area contributed by atoms with Gasteiger partial charge in [-0.15, -0.1) is 0 Å². The summed E-state index contributed by atoms with van der Waals surface area (Å²) in [4.78, 5) is 37.7. The van der Waals surface area contributed by atoms with Crippen molar-refractivity contribution in [1.29, 1.82) is 0 Å². The molecule has 0 saturated carbocycles. The number of carbonyl (C=O) groups excluding carboxylic acids is 2. The second kappa shape index (κ2) is 8.49. The number of hydrogen-bond acceptors (Lipinski definition) is 5. The highest BCUT2D eigenvalue weighted by molar-refractivity contribution is 5.97. The molecule has 0 atom stereocenters. The number of carbonyl (C=O) groups is 2. The zero-order chi connectivity index (χ0) is 21.1. The van der Waals surface area contributed by atoms with Gasteiger partial charge in [0.25, 0.3) is 0 Å². The normalized spacial score (nSPS) is 12.9. The molecule has 2 aromatic carbocycles. The van der Waals surface area contributed by atoms with Gasteiger partial charge in [0.15, 0.2) is 0 Å². The van der Waals surface area contributed by atoms with Crippen LogP contribution >= 0.6 is 0 Å². The van der Waals surface area contributed by atoms with Crippen molar-refractivity contribution >= 4 is 28.4 Å². The summed E-state index contributed by atoms with van der Waals surface area (Å²) in [6.07, 6.45) is 0.288. The molecule has 3 aromatic rings. The monoisotopic (exact) mass is 404 g/mol. The second-order valence-corrected chi connectivity index (χ2v) is 7.35. The van der Waals surface area contributed by atoms with Crippen LogP contribution in [0.2, 0.25) is 0 Å². The summed E-state index contributed by atoms with van der Waals surface area (Å²) in [5, 5.41) is 1.01. The number of aromatic nitrogens is 2. The highest BCUT2D eigenvalue weighted by Gasteiger charge is 2.24. The van der Waals surface area contributed by atoms with Gasteiger partial charge in [-0.25, -0.2) is 9.97 Å². The molecule has 7 nitrogen and oxygen atoms in total. The lowest BCUT2D eigenvalue weighted by Gasteiger charge is -2.29. The van der Waals surface area contributed by atoms with Gasteiger partial charge in [0, 0.05) is 31.0 Å². The van der Waals surface area contributed by atoms with Crippen LogP contribution in [0.3, 0.4) is 0 Å². The van der Waals surface area contributed by atoms with Gasteiger partial charge in [-0.3, -0.25) is 9.59 Å². The van der Waals surface area contributed by atoms with E-state index in [1.54, 1.807) is 16.8 Å². The Hall–Kier alpha value is -3.48. The van der Waals surface area contributed by atoms with Gasteiger partial charge < -0.3 is 14.5 Å². The van der Waals surface area contributed by atoms with Crippen LogP contribution in [-0.2, 0) is 16.1 Å². The Morgan fingerprint density at radius 3 is 2.70 bits per heavy atom. The van der Waals surface area contributed by atoms with Crippen LogP contribution in [0.1, 0.15) is 24.4 Å². The maximum atomic E-state index is 12.7. The Kier molecular flexibility index (Phi) is 5.61. The average molecular weight is 404 g/mol. The summed E-state index contributed by atoms with van der Waals surface area (Å²) in [5.41, 5.74) is 2.51. The predicted molar refractivity (Wildman–Crippen MR) is 114 cm³/mol. The van der Waals surface area contributed by atoms with Crippen LogP contribution in [0.5, 0.6) is 5.75 Å². The number of rotatable bonds is 5. The third kappa shape index (κ3) is 4.10. The Bertz CT molecular complexity index is 1100. The average Bonchev–Trinajstić information content (AvgIpc) is 2.76. The molecule has 0 fully saturated rings. The molecule has 0 saturated heterocycles. The summed E-state index contributed by atoms with van der Waals surface area (Å²) in [5.74, 6) is 1.10. The van der Waals surface area contributed by atoms with Gasteiger partial charge >= 0.3 is 0 Å². The van der Waals surface area contributed by atoms with Gasteiger partial charge in [0.05, 0.1) is 24.3 Å². The van der Waals surface area contributed by atoms with E-state index in [-0.39, 0.29) is 24.7 Å². The smallest absolute Gasteiger partial charge is 0.227 e. The van der Waals surface area contributed by atoms with Crippen molar-refractivity contribution in [3.8, 4) is 5.75 Å². The fourth-order valence-corrected chi connectivity index (χ4v) is 3.63. The molecule has 0 radical (unpaired) electrons. The van der Waals surface area contributed by atoms with Crippen molar-refractivity contribution in [2.24, 2.45) is 0 Å². The summed E-state index contributed by atoms with van der Waals surface area (Å²) >= 11 is 0. The van der Waals surface area contributed by atoms with E-state index in [1.165, 1.54) is 0 Å². The van der Waals surface area contributed by atoms with E-state index in [4.69, 9.17) is 4.74 Å². The Morgan fingerprint density at radius 2 is 1.83 bits per heavy atom. The quantitative estimate of drug-likeness (QED) is 0.653. The molecule has 1 aliphatic heterocycles. The Labute approximate surface area is 175 Å². The standard InChI is InChI=1S/C23H24N4O3/c1-16-17-7-3-4-8-18(17)25-21(24-16)15-26(2)22(28)11-12-23(29)27-13-14-30-20-10-6-5-9-19(20)27/h3-10H,11-15H2,1-2H3. The van der Waals surface area contributed by atoms with Crippen LogP contribution in [-0.4, -0.2) is 46.9 Å². The molecule has 4 rings (SSSR count). The highest BCUT2D eigenvalue weighted by atomic mass is 16.5. The zero-order valence-corrected chi connectivity index (χ0v) is 17.2. The van der Waals surface area contributed by atoms with E-state index < -0.39 is 0 Å². The molecular weight excluding hydrogens is 380 g/mol. The molecule has 0 bridgehead atoms. The predicted octanol–water partition coefficient (Wildman–Crippen LogP) is 3.10. The van der Waals surface area contributed by atoms with Crippen molar-refractivity contribution in [3.05, 3.63) is 60.0 Å². The van der Waals surface area contributed by atoms with Gasteiger partial charge in [-0.2, -0.15) is 0 Å². The number of anilines is 1. The minimum Gasteiger partial charge on any atom is -0.490 e. The molecule has 0 aliphatic carbocycles. The SMILES string of the molecule is Cc1nc(CN(C)C(=O)CCC(=O)N2CCOc3ccccc32)nc2ccccc12. The van der Waals surface area contributed by atoms with Gasteiger partial charge in [-0.05, 0) is 25.1 Å². The minimum absolute atomic E-state index is 0.0784. The first-order valence-electron chi connectivity index (χ1n) is 10.0. The van der Waals surface area contributed by atoms with Gasteiger partial charge in [0.1, 0.15) is 18.2 Å². The molecule has 7 heteroatoms. The van der Waals surface area contributed by atoms with E-state index in [0.29, 0.717) is 31.3 Å². The molecule has 1 aliphatic rings. The second-order valence-electron chi connectivity index (χ2n) is 7.35. The molecule has 0 unspecified atom stereocenters. The summed E-state index contributed by atoms with van der Waals surface area (Å²) in [6, 6.07) is 15.3. The highest BCUT2D eigenvalue weighted by Crippen LogP contribution is 2.31. The third-order valence-electron chi connectivity index (χ3n) is 5.23. The van der Waals surface area contributed by atoms with Gasteiger partial charge in [-0.1, -0.05) is 30.3 Å². The number of hydrogen-bond donors (Lipinski definition) is 0. The van der Waals surface area contributed by atoms with E-state index in [1.807, 2.05) is 55.5 Å². The van der Waals surface area contributed by atoms with Crippen molar-refractivity contribution < 1.29 is 14.3 Å². The molecule has 154 valence electrons. The van der Waals surface area contributed by atoms with E-state index in [2.05, 4.69) is 9.97 Å². The van der Waals surface area contributed by atoms with Crippen molar-refractivity contribution in [1.82, 2.24) is 14.9 Å². The lowest BCUT2D eigenvalue weighted by Crippen LogP contribution is -2.38. The van der Waals surface area contributed by atoms with Crippen LogP contribution in [0, 0.1) is 6.92 Å². The largest absolute Gasteiger partial charge is 0.490 e. The molecular formula is C23H24N4O3. The van der Waals surface area contributed by atoms with E-state index >= 15 is 0 Å². The van der Waals surface area contributed by atoms with Crippen LogP contribution < -0.4 is 9.64 Å². The third-order valence-corrected chi connectivity index (χ3v) is 5.23. The Morgan fingerprint density at radius 1 is 1.07 bits per heavy atom. The minimum atomic E-state index is -0.112. The maximum absolute atomic E-state index is 12.7. The number of para-hydroxylation sites is 3. The number of benzene rings is 2. The first kappa shape index (κ1) is 19.8. The molecule has 2 heterocycles. The Balaban J connectivity index is 1.37. The first-order valence-corrected chi connectivity index (χ1v) is 10.0. The van der Waals surface area contributed by atoms with E-state index in [9.17, 15) is 9.59 Å². The fraction of sp³-hybridized carbons (Fsp3) is 0.304. The summed E-state index contributed by atoms with van der Waals surface area (Å²) < 4.78 is 5.59. The fourth-order valence-electron chi connectivity index (χ4n) is 3.63. The topological polar surface area (TPSA) is 75.6 Å². The van der Waals surface area contributed by atoms with E-state index in [0.717, 1.165) is 22.3 Å². The molecule has 2 amide bonds. The summed E-state index contributed by atoms with van der Waals surface area (Å²) in [6.45, 7) is 3.19. The maximum Gasteiger partial charge on any atom is 0.227 e. The lowest BCUT2D eigenvalue weighted by molar-refractivity contribution is -0.132. The van der Waals surface area contributed by atoms with Crippen molar-refractivity contribution in [2.45, 2.75) is 26.3 Å². The molecule has 1 aromatic heterocycles. The lowest BCUT2D eigenvalue weighted by atomic mass is 10.2. The summed E-state index contributed by atoms with van der Waals surface area (Å²) in [7, 11) is 1.71. The van der Waals surface area contributed by atoms with Crippen LogP contribution in [0.4, 0.5) is 5.69 Å². The van der Waals surface area contributed by atoms with Crippen LogP contribution in [0.25, 0.3) is 10.9 Å². The van der Waals surface area contributed by atoms with Crippen molar-refractivity contribution in [2.75, 3.05) is 25.1 Å². The number of ether oxygens (including phenoxy) is 1. The zero-order valence-electron chi connectivity index (χ0n) is 17.2. The number of nitrogens with zero attached hydrogens (tertiary/aromatic N) is 4. The first-order chi connectivity index (χ1) is 14.5. The van der Waals surface area contributed by atoms with Crippen molar-refractivity contribution in [3.63, 3.8) is 0 Å². The number of amides is 2. The molecule has 30 heavy (non-hydrogen) atoms. The molecule has 0 N–H and O–H groups in total. The van der Waals surface area contributed by atoms with Gasteiger partial charge in [0.2, 0.25) is 11.8 Å².